The lowest BCUT2D eigenvalue weighted by Gasteiger charge is -1.85. The fourth-order valence-corrected chi connectivity index (χ4v) is 0.606. The lowest BCUT2D eigenvalue weighted by atomic mass is 10.2. The van der Waals surface area contributed by atoms with Crippen LogP contribution in [0, 0.1) is 23.7 Å². The molecule has 0 unspecified atom stereocenters. The Bertz CT molecular complexity index is 285. The summed E-state index contributed by atoms with van der Waals surface area (Å²) in [6.07, 6.45) is 3.62. The Morgan fingerprint density at radius 1 is 0.857 bits per heavy atom. The van der Waals surface area contributed by atoms with Crippen molar-refractivity contribution in [1.82, 2.24) is 0 Å². The van der Waals surface area contributed by atoms with E-state index < -0.39 is 0 Å². The highest BCUT2D eigenvalue weighted by Crippen LogP contribution is 1.95. The molecular weight excluding hydrogens is 168 g/mol. The summed E-state index contributed by atoms with van der Waals surface area (Å²) in [6, 6.07) is 0. The standard InChI is InChI=1S/C12H12.C2H6/c1-5-7-11(3)9-10-12(4)8-6-2;1-2/h9-10H,3-4H2,1-2H3;1-2H3/b10-9-;. The van der Waals surface area contributed by atoms with E-state index in [1.165, 1.54) is 0 Å². The summed E-state index contributed by atoms with van der Waals surface area (Å²) in [7, 11) is 0. The van der Waals surface area contributed by atoms with Gasteiger partial charge in [0, 0.05) is 11.1 Å². The van der Waals surface area contributed by atoms with Gasteiger partial charge >= 0.3 is 0 Å². The summed E-state index contributed by atoms with van der Waals surface area (Å²) in [5.74, 6) is 11.2. The van der Waals surface area contributed by atoms with Gasteiger partial charge in [-0.05, 0) is 26.0 Å². The van der Waals surface area contributed by atoms with Gasteiger partial charge in [-0.2, -0.15) is 0 Å². The van der Waals surface area contributed by atoms with Gasteiger partial charge in [0.1, 0.15) is 0 Å². The van der Waals surface area contributed by atoms with Crippen molar-refractivity contribution < 1.29 is 0 Å². The second kappa shape index (κ2) is 11.3. The summed E-state index contributed by atoms with van der Waals surface area (Å²) < 4.78 is 0. The van der Waals surface area contributed by atoms with Crippen LogP contribution in [0.1, 0.15) is 27.7 Å². The molecule has 0 aliphatic rings. The van der Waals surface area contributed by atoms with Crippen LogP contribution in [0.25, 0.3) is 0 Å². The fourth-order valence-electron chi connectivity index (χ4n) is 0.606. The van der Waals surface area contributed by atoms with Crippen LogP contribution >= 0.6 is 0 Å². The lowest BCUT2D eigenvalue weighted by Crippen LogP contribution is -1.70. The predicted octanol–water partition coefficient (Wildman–Crippen LogP) is 3.73. The molecule has 0 nitrogen and oxygen atoms in total. The van der Waals surface area contributed by atoms with E-state index in [4.69, 9.17) is 0 Å². The van der Waals surface area contributed by atoms with Crippen molar-refractivity contribution in [2.24, 2.45) is 0 Å². The number of allylic oxidation sites excluding steroid dienone is 4. The molecule has 0 aromatic heterocycles. The van der Waals surface area contributed by atoms with E-state index in [9.17, 15) is 0 Å². The molecule has 0 saturated carbocycles. The zero-order valence-corrected chi connectivity index (χ0v) is 9.57. The molecular formula is C14H18. The Kier molecular flexibility index (Phi) is 12.0. The SMILES string of the molecule is C=C(C#CC)/C=C\C(=C)C#CC.CC. The van der Waals surface area contributed by atoms with Gasteiger partial charge in [0.15, 0.2) is 0 Å². The molecule has 0 heterocycles. The Labute approximate surface area is 88.4 Å². The van der Waals surface area contributed by atoms with Gasteiger partial charge in [0.05, 0.1) is 0 Å². The normalized spacial score (nSPS) is 7.14. The minimum atomic E-state index is 0.775. The summed E-state index contributed by atoms with van der Waals surface area (Å²) >= 11 is 0. The van der Waals surface area contributed by atoms with E-state index in [1.807, 2.05) is 26.0 Å². The molecule has 14 heavy (non-hydrogen) atoms. The molecule has 0 heteroatoms. The zero-order chi connectivity index (χ0) is 11.4. The van der Waals surface area contributed by atoms with Crippen molar-refractivity contribution in [1.29, 1.82) is 0 Å². The van der Waals surface area contributed by atoms with E-state index in [0.29, 0.717) is 0 Å². The third-order valence-electron chi connectivity index (χ3n) is 1.06. The van der Waals surface area contributed by atoms with Gasteiger partial charge in [-0.15, -0.1) is 11.8 Å². The molecule has 0 aromatic rings. The molecule has 0 N–H and O–H groups in total. The van der Waals surface area contributed by atoms with E-state index in [1.54, 1.807) is 13.8 Å². The lowest BCUT2D eigenvalue weighted by molar-refractivity contribution is 1.50. The molecule has 0 amide bonds. The van der Waals surface area contributed by atoms with Crippen LogP contribution in [0.2, 0.25) is 0 Å². The smallest absolute Gasteiger partial charge is 0.0173 e. The van der Waals surface area contributed by atoms with Crippen molar-refractivity contribution in [3.8, 4) is 23.7 Å². The molecule has 74 valence electrons. The Morgan fingerprint density at radius 3 is 1.36 bits per heavy atom. The van der Waals surface area contributed by atoms with Crippen LogP contribution in [-0.4, -0.2) is 0 Å². The molecule has 0 atom stereocenters. The second-order valence-corrected chi connectivity index (χ2v) is 2.13. The Balaban J connectivity index is 0. The average Bonchev–Trinajstić information content (AvgIpc) is 2.19. The molecule has 0 aliphatic carbocycles. The number of rotatable bonds is 2. The van der Waals surface area contributed by atoms with E-state index in [2.05, 4.69) is 36.8 Å². The maximum atomic E-state index is 3.73. The van der Waals surface area contributed by atoms with Crippen LogP contribution in [0.15, 0.2) is 36.5 Å². The van der Waals surface area contributed by atoms with Gasteiger partial charge in [0.25, 0.3) is 0 Å². The minimum Gasteiger partial charge on any atom is -0.101 e. The highest BCUT2D eigenvalue weighted by Gasteiger charge is 1.80. The zero-order valence-electron chi connectivity index (χ0n) is 9.57. The molecule has 0 bridgehead atoms. The van der Waals surface area contributed by atoms with Crippen LogP contribution < -0.4 is 0 Å². The van der Waals surface area contributed by atoms with Gasteiger partial charge in [-0.3, -0.25) is 0 Å². The van der Waals surface area contributed by atoms with E-state index >= 15 is 0 Å². The third kappa shape index (κ3) is 10.3. The molecule has 0 aliphatic heterocycles. The molecule has 0 saturated heterocycles. The van der Waals surface area contributed by atoms with Gasteiger partial charge in [-0.1, -0.05) is 38.8 Å². The van der Waals surface area contributed by atoms with Crippen molar-refractivity contribution in [3.63, 3.8) is 0 Å². The molecule has 0 spiro atoms. The van der Waals surface area contributed by atoms with Crippen LogP contribution in [0.4, 0.5) is 0 Å². The Hall–Kier alpha value is -1.66. The largest absolute Gasteiger partial charge is 0.101 e. The maximum absolute atomic E-state index is 3.73. The van der Waals surface area contributed by atoms with Gasteiger partial charge in [-0.25, -0.2) is 0 Å². The average molecular weight is 186 g/mol. The first-order valence-electron chi connectivity index (χ1n) is 4.62. The summed E-state index contributed by atoms with van der Waals surface area (Å²) in [5, 5.41) is 0. The third-order valence-corrected chi connectivity index (χ3v) is 1.06. The topological polar surface area (TPSA) is 0 Å². The maximum Gasteiger partial charge on any atom is 0.0173 e. The minimum absolute atomic E-state index is 0.775. The summed E-state index contributed by atoms with van der Waals surface area (Å²) in [5.41, 5.74) is 1.55. The summed E-state index contributed by atoms with van der Waals surface area (Å²) in [4.78, 5) is 0. The quantitative estimate of drug-likeness (QED) is 0.455. The van der Waals surface area contributed by atoms with Crippen LogP contribution in [0.3, 0.4) is 0 Å². The second-order valence-electron chi connectivity index (χ2n) is 2.13. The molecule has 0 fully saturated rings. The first kappa shape index (κ1) is 14.8. The van der Waals surface area contributed by atoms with Gasteiger partial charge < -0.3 is 0 Å². The van der Waals surface area contributed by atoms with E-state index in [0.717, 1.165) is 11.1 Å². The van der Waals surface area contributed by atoms with Gasteiger partial charge in [0.2, 0.25) is 0 Å². The van der Waals surface area contributed by atoms with Crippen molar-refractivity contribution in [3.05, 3.63) is 36.5 Å². The van der Waals surface area contributed by atoms with E-state index in [-0.39, 0.29) is 0 Å². The first-order chi connectivity index (χ1) is 6.70. The monoisotopic (exact) mass is 186 g/mol. The molecule has 0 rings (SSSR count). The summed E-state index contributed by atoms with van der Waals surface area (Å²) in [6.45, 7) is 15.0. The first-order valence-corrected chi connectivity index (χ1v) is 4.62. The predicted molar refractivity (Wildman–Crippen MR) is 65.7 cm³/mol. The number of hydrogen-bond donors (Lipinski definition) is 0. The van der Waals surface area contributed by atoms with Crippen LogP contribution in [-0.2, 0) is 0 Å². The van der Waals surface area contributed by atoms with Crippen molar-refractivity contribution in [2.45, 2.75) is 27.7 Å². The highest BCUT2D eigenvalue weighted by molar-refractivity contribution is 5.42. The molecule has 0 aromatic carbocycles. The van der Waals surface area contributed by atoms with Crippen molar-refractivity contribution in [2.75, 3.05) is 0 Å². The fraction of sp³-hybridized carbons (Fsp3) is 0.286. The van der Waals surface area contributed by atoms with Crippen molar-refractivity contribution >= 4 is 0 Å². The number of hydrogen-bond acceptors (Lipinski definition) is 0. The molecule has 0 radical (unpaired) electrons. The Morgan fingerprint density at radius 2 is 1.14 bits per heavy atom. The highest BCUT2D eigenvalue weighted by atomic mass is 13.8. The van der Waals surface area contributed by atoms with Crippen LogP contribution in [0.5, 0.6) is 0 Å².